The van der Waals surface area contributed by atoms with Crippen molar-refractivity contribution in [2.24, 2.45) is 5.73 Å². The van der Waals surface area contributed by atoms with E-state index in [1.54, 1.807) is 7.11 Å². The lowest BCUT2D eigenvalue weighted by molar-refractivity contribution is 0.175. The highest BCUT2D eigenvalue weighted by atomic mass is 16.5. The molecule has 0 aliphatic rings. The minimum atomic E-state index is -0.433. The van der Waals surface area contributed by atoms with Crippen molar-refractivity contribution in [1.82, 2.24) is 0 Å². The van der Waals surface area contributed by atoms with E-state index in [4.69, 9.17) is 10.5 Å². The van der Waals surface area contributed by atoms with Gasteiger partial charge in [0.1, 0.15) is 5.75 Å². The van der Waals surface area contributed by atoms with Crippen molar-refractivity contribution in [3.8, 4) is 5.75 Å². The fourth-order valence-electron chi connectivity index (χ4n) is 1.53. The van der Waals surface area contributed by atoms with E-state index in [2.05, 4.69) is 4.90 Å². The molecule has 1 aromatic carbocycles. The second-order valence-electron chi connectivity index (χ2n) is 3.77. The van der Waals surface area contributed by atoms with Gasteiger partial charge >= 0.3 is 0 Å². The summed E-state index contributed by atoms with van der Waals surface area (Å²) in [6.45, 7) is 1.05. The molecule has 0 saturated carbocycles. The molecule has 0 spiro atoms. The molecule has 1 rings (SSSR count). The molecule has 0 saturated heterocycles. The molecular formula is C12H20N2O2. The van der Waals surface area contributed by atoms with Crippen molar-refractivity contribution in [3.05, 3.63) is 24.3 Å². The van der Waals surface area contributed by atoms with E-state index < -0.39 is 6.10 Å². The van der Waals surface area contributed by atoms with Gasteiger partial charge in [-0.05, 0) is 18.6 Å². The van der Waals surface area contributed by atoms with Crippen LogP contribution in [0.1, 0.15) is 6.42 Å². The van der Waals surface area contributed by atoms with Gasteiger partial charge in [0.15, 0.2) is 0 Å². The van der Waals surface area contributed by atoms with Gasteiger partial charge in [0, 0.05) is 20.1 Å². The van der Waals surface area contributed by atoms with Crippen molar-refractivity contribution in [1.29, 1.82) is 0 Å². The van der Waals surface area contributed by atoms with Crippen molar-refractivity contribution in [3.63, 3.8) is 0 Å². The van der Waals surface area contributed by atoms with Crippen LogP contribution in [0.3, 0.4) is 0 Å². The Labute approximate surface area is 96.6 Å². The number of para-hydroxylation sites is 2. The van der Waals surface area contributed by atoms with Crippen molar-refractivity contribution < 1.29 is 9.84 Å². The number of hydrogen-bond acceptors (Lipinski definition) is 4. The van der Waals surface area contributed by atoms with E-state index in [1.165, 1.54) is 0 Å². The lowest BCUT2D eigenvalue weighted by Crippen LogP contribution is -2.27. The summed E-state index contributed by atoms with van der Waals surface area (Å²) in [6.07, 6.45) is 0.225. The van der Waals surface area contributed by atoms with Gasteiger partial charge in [-0.25, -0.2) is 0 Å². The zero-order valence-corrected chi connectivity index (χ0v) is 9.89. The van der Waals surface area contributed by atoms with E-state index >= 15 is 0 Å². The highest BCUT2D eigenvalue weighted by Crippen LogP contribution is 2.26. The van der Waals surface area contributed by atoms with E-state index in [1.807, 2.05) is 31.3 Å². The number of methoxy groups -OCH3 is 1. The Morgan fingerprint density at radius 2 is 2.12 bits per heavy atom. The predicted octanol–water partition coefficient (Wildman–Crippen LogP) is 0.841. The summed E-state index contributed by atoms with van der Waals surface area (Å²) in [4.78, 5) is 2.05. The molecule has 0 heterocycles. The van der Waals surface area contributed by atoms with E-state index in [-0.39, 0.29) is 0 Å². The average molecular weight is 224 g/mol. The molecule has 3 N–H and O–H groups in total. The second-order valence-corrected chi connectivity index (χ2v) is 3.77. The summed E-state index contributed by atoms with van der Waals surface area (Å²) in [5, 5.41) is 9.40. The first-order chi connectivity index (χ1) is 7.69. The third kappa shape index (κ3) is 3.40. The highest BCUT2D eigenvalue weighted by molar-refractivity contribution is 5.57. The summed E-state index contributed by atoms with van der Waals surface area (Å²) in [5.41, 5.74) is 6.38. The van der Waals surface area contributed by atoms with Crippen LogP contribution in [0.2, 0.25) is 0 Å². The molecule has 0 aromatic heterocycles. The maximum Gasteiger partial charge on any atom is 0.142 e. The Morgan fingerprint density at radius 3 is 2.75 bits per heavy atom. The highest BCUT2D eigenvalue weighted by Gasteiger charge is 2.08. The normalized spacial score (nSPS) is 12.2. The zero-order valence-electron chi connectivity index (χ0n) is 9.89. The quantitative estimate of drug-likeness (QED) is 0.752. The van der Waals surface area contributed by atoms with Gasteiger partial charge in [0.25, 0.3) is 0 Å². The van der Waals surface area contributed by atoms with E-state index in [0.29, 0.717) is 13.0 Å². The van der Waals surface area contributed by atoms with Gasteiger partial charge in [-0.2, -0.15) is 0 Å². The monoisotopic (exact) mass is 224 g/mol. The number of aliphatic hydroxyl groups is 1. The lowest BCUT2D eigenvalue weighted by atomic mass is 10.2. The molecule has 0 bridgehead atoms. The van der Waals surface area contributed by atoms with Gasteiger partial charge < -0.3 is 20.5 Å². The third-order valence-electron chi connectivity index (χ3n) is 2.57. The number of nitrogens with zero attached hydrogens (tertiary/aromatic N) is 1. The first-order valence-electron chi connectivity index (χ1n) is 5.41. The predicted molar refractivity (Wildman–Crippen MR) is 65.9 cm³/mol. The summed E-state index contributed by atoms with van der Waals surface area (Å²) in [5.74, 6) is 0.840. The minimum Gasteiger partial charge on any atom is -0.495 e. The summed E-state index contributed by atoms with van der Waals surface area (Å²) < 4.78 is 5.27. The van der Waals surface area contributed by atoms with Crippen LogP contribution in [0.25, 0.3) is 0 Å². The molecule has 0 aliphatic carbocycles. The fraction of sp³-hybridized carbons (Fsp3) is 0.500. The van der Waals surface area contributed by atoms with Crippen LogP contribution in [0.5, 0.6) is 5.75 Å². The topological polar surface area (TPSA) is 58.7 Å². The molecule has 90 valence electrons. The first-order valence-corrected chi connectivity index (χ1v) is 5.41. The molecule has 16 heavy (non-hydrogen) atoms. The van der Waals surface area contributed by atoms with Crippen LogP contribution in [-0.2, 0) is 0 Å². The van der Waals surface area contributed by atoms with E-state index in [9.17, 15) is 5.11 Å². The van der Waals surface area contributed by atoms with Crippen LogP contribution in [0.15, 0.2) is 24.3 Å². The molecule has 0 radical (unpaired) electrons. The summed E-state index contributed by atoms with van der Waals surface area (Å²) in [7, 11) is 3.63. The average Bonchev–Trinajstić information content (AvgIpc) is 2.35. The second kappa shape index (κ2) is 6.35. The molecule has 4 heteroatoms. The smallest absolute Gasteiger partial charge is 0.142 e. The number of rotatable bonds is 6. The van der Waals surface area contributed by atoms with Crippen LogP contribution >= 0.6 is 0 Å². The number of hydrogen-bond donors (Lipinski definition) is 2. The Kier molecular flexibility index (Phi) is 5.08. The Hall–Kier alpha value is -1.26. The molecular weight excluding hydrogens is 204 g/mol. The van der Waals surface area contributed by atoms with Crippen molar-refractivity contribution in [2.45, 2.75) is 12.5 Å². The molecule has 1 unspecified atom stereocenters. The molecule has 1 atom stereocenters. The van der Waals surface area contributed by atoms with Gasteiger partial charge in [-0.15, -0.1) is 0 Å². The van der Waals surface area contributed by atoms with Crippen molar-refractivity contribution in [2.75, 3.05) is 32.1 Å². The van der Waals surface area contributed by atoms with Crippen molar-refractivity contribution >= 4 is 5.69 Å². The number of benzene rings is 1. The standard InChI is InChI=1S/C12H20N2O2/c1-14(8-7-10(15)9-13)11-5-3-4-6-12(11)16-2/h3-6,10,15H,7-9,13H2,1-2H3. The van der Waals surface area contributed by atoms with Crippen LogP contribution in [-0.4, -0.2) is 38.5 Å². The van der Waals surface area contributed by atoms with Gasteiger partial charge in [0.2, 0.25) is 0 Å². The zero-order chi connectivity index (χ0) is 12.0. The summed E-state index contributed by atoms with van der Waals surface area (Å²) in [6, 6.07) is 7.82. The molecule has 0 aliphatic heterocycles. The number of ether oxygens (including phenoxy) is 1. The third-order valence-corrected chi connectivity index (χ3v) is 2.57. The van der Waals surface area contributed by atoms with Crippen LogP contribution in [0, 0.1) is 0 Å². The minimum absolute atomic E-state index is 0.305. The van der Waals surface area contributed by atoms with Gasteiger partial charge in [-0.3, -0.25) is 0 Å². The SMILES string of the molecule is COc1ccccc1N(C)CCC(O)CN. The lowest BCUT2D eigenvalue weighted by Gasteiger charge is -2.22. The Balaban J connectivity index is 2.61. The first kappa shape index (κ1) is 12.8. The Morgan fingerprint density at radius 1 is 1.44 bits per heavy atom. The molecule has 4 nitrogen and oxygen atoms in total. The molecule has 1 aromatic rings. The summed E-state index contributed by atoms with van der Waals surface area (Å²) >= 11 is 0. The molecule has 0 fully saturated rings. The number of nitrogens with two attached hydrogens (primary N) is 1. The van der Waals surface area contributed by atoms with Crippen LogP contribution < -0.4 is 15.4 Å². The fourth-order valence-corrected chi connectivity index (χ4v) is 1.53. The largest absolute Gasteiger partial charge is 0.495 e. The number of aliphatic hydroxyl groups excluding tert-OH is 1. The maximum absolute atomic E-state index is 9.40. The van der Waals surface area contributed by atoms with Gasteiger partial charge in [0.05, 0.1) is 18.9 Å². The van der Waals surface area contributed by atoms with Gasteiger partial charge in [-0.1, -0.05) is 12.1 Å². The molecule has 0 amide bonds. The van der Waals surface area contributed by atoms with Crippen LogP contribution in [0.4, 0.5) is 5.69 Å². The maximum atomic E-state index is 9.40. The van der Waals surface area contributed by atoms with E-state index in [0.717, 1.165) is 18.0 Å². The Bertz CT molecular complexity index is 318. The number of anilines is 1.